The zero-order chi connectivity index (χ0) is 15.7. The fraction of sp³-hybridized carbons (Fsp3) is 0.471. The van der Waals surface area contributed by atoms with E-state index in [-0.39, 0.29) is 11.5 Å². The second-order valence-corrected chi connectivity index (χ2v) is 5.80. The van der Waals surface area contributed by atoms with Crippen molar-refractivity contribution in [1.29, 1.82) is 0 Å². The summed E-state index contributed by atoms with van der Waals surface area (Å²) in [6.45, 7) is 5.91. The lowest BCUT2D eigenvalue weighted by molar-refractivity contribution is 0.0724. The van der Waals surface area contributed by atoms with Crippen LogP contribution in [0.3, 0.4) is 0 Å². The molecule has 0 spiro atoms. The number of fused-ring (bicyclic) bond motifs is 1. The summed E-state index contributed by atoms with van der Waals surface area (Å²) >= 11 is 0. The fourth-order valence-corrected chi connectivity index (χ4v) is 3.10. The summed E-state index contributed by atoms with van der Waals surface area (Å²) in [4.78, 5) is 31.0. The molecule has 0 unspecified atom stereocenters. The number of hydrogen-bond acceptors (Lipinski definition) is 3. The van der Waals surface area contributed by atoms with Gasteiger partial charge in [-0.3, -0.25) is 9.59 Å². The van der Waals surface area contributed by atoms with Crippen LogP contribution in [-0.2, 0) is 6.54 Å². The first-order chi connectivity index (χ1) is 10.6. The smallest absolute Gasteiger partial charge is 0.272 e. The summed E-state index contributed by atoms with van der Waals surface area (Å²) in [5.74, 6) is 0.0651. The molecule has 2 heterocycles. The topological polar surface area (TPSA) is 55.2 Å². The van der Waals surface area contributed by atoms with E-state index in [9.17, 15) is 9.59 Å². The molecule has 5 nitrogen and oxygen atoms in total. The number of likely N-dealkylation sites (tertiary alicyclic amines) is 1. The number of amides is 1. The van der Waals surface area contributed by atoms with E-state index >= 15 is 0 Å². The maximum atomic E-state index is 12.6. The van der Waals surface area contributed by atoms with Crippen LogP contribution in [0.2, 0.25) is 0 Å². The predicted molar refractivity (Wildman–Crippen MR) is 86.2 cm³/mol. The molecule has 22 heavy (non-hydrogen) atoms. The minimum Gasteiger partial charge on any atom is -0.339 e. The minimum atomic E-state index is -0.0647. The quantitative estimate of drug-likeness (QED) is 0.855. The summed E-state index contributed by atoms with van der Waals surface area (Å²) in [6, 6.07) is 5.45. The molecule has 116 valence electrons. The molecule has 1 aromatic carbocycles. The molecular formula is C17H21N3O2. The first-order valence-electron chi connectivity index (χ1n) is 7.92. The molecule has 1 amide bonds. The average Bonchev–Trinajstić information content (AvgIpc) is 2.56. The Labute approximate surface area is 129 Å². The third-order valence-electron chi connectivity index (χ3n) is 4.32. The molecule has 0 radical (unpaired) electrons. The number of benzene rings is 1. The Morgan fingerprint density at radius 2 is 1.95 bits per heavy atom. The van der Waals surface area contributed by atoms with Gasteiger partial charge in [0.05, 0.1) is 11.0 Å². The molecule has 1 fully saturated rings. The number of carbonyl (C=O) groups is 1. The molecule has 1 saturated heterocycles. The van der Waals surface area contributed by atoms with Gasteiger partial charge in [-0.1, -0.05) is 0 Å². The van der Waals surface area contributed by atoms with Crippen LogP contribution >= 0.6 is 0 Å². The van der Waals surface area contributed by atoms with E-state index in [2.05, 4.69) is 4.98 Å². The van der Waals surface area contributed by atoms with Crippen LogP contribution in [0.4, 0.5) is 0 Å². The number of carbonyl (C=O) groups excluding carboxylic acids is 1. The third kappa shape index (κ3) is 2.51. The van der Waals surface area contributed by atoms with Crippen molar-refractivity contribution in [3.05, 3.63) is 39.8 Å². The zero-order valence-corrected chi connectivity index (χ0v) is 13.1. The molecule has 1 aliphatic rings. The van der Waals surface area contributed by atoms with Crippen molar-refractivity contribution in [1.82, 2.24) is 14.5 Å². The summed E-state index contributed by atoms with van der Waals surface area (Å²) in [5, 5.41) is 0. The van der Waals surface area contributed by atoms with Gasteiger partial charge in [0.2, 0.25) is 0 Å². The highest BCUT2D eigenvalue weighted by Crippen LogP contribution is 2.17. The van der Waals surface area contributed by atoms with Gasteiger partial charge in [-0.25, -0.2) is 4.98 Å². The summed E-state index contributed by atoms with van der Waals surface area (Å²) in [6.07, 6.45) is 3.35. The molecular weight excluding hydrogens is 278 g/mol. The van der Waals surface area contributed by atoms with Crippen molar-refractivity contribution < 1.29 is 4.79 Å². The van der Waals surface area contributed by atoms with E-state index in [0.29, 0.717) is 23.3 Å². The second kappa shape index (κ2) is 5.91. The van der Waals surface area contributed by atoms with Gasteiger partial charge in [-0.2, -0.15) is 0 Å². The maximum Gasteiger partial charge on any atom is 0.272 e. The summed E-state index contributed by atoms with van der Waals surface area (Å²) in [7, 11) is 0. The number of aryl methyl sites for hydroxylation is 2. The molecule has 0 bridgehead atoms. The average molecular weight is 299 g/mol. The highest BCUT2D eigenvalue weighted by molar-refractivity contribution is 5.97. The van der Waals surface area contributed by atoms with Gasteiger partial charge in [-0.15, -0.1) is 0 Å². The Hall–Kier alpha value is -2.17. The number of hydrogen-bond donors (Lipinski definition) is 0. The Bertz CT molecular complexity index is 773. The summed E-state index contributed by atoms with van der Waals surface area (Å²) < 4.78 is 1.70. The standard InChI is InChI=1S/C17H21N3O2/c1-3-20-15-8-7-13(11-14(15)18-12(2)16(20)21)17(22)19-9-5-4-6-10-19/h7-8,11H,3-6,9-10H2,1-2H3. The van der Waals surface area contributed by atoms with E-state index in [1.807, 2.05) is 30.0 Å². The first kappa shape index (κ1) is 14.8. The lowest BCUT2D eigenvalue weighted by atomic mass is 10.1. The van der Waals surface area contributed by atoms with Crippen LogP contribution in [0.5, 0.6) is 0 Å². The van der Waals surface area contributed by atoms with Crippen molar-refractivity contribution in [2.45, 2.75) is 39.7 Å². The van der Waals surface area contributed by atoms with E-state index in [1.54, 1.807) is 11.5 Å². The van der Waals surface area contributed by atoms with Crippen molar-refractivity contribution in [3.8, 4) is 0 Å². The van der Waals surface area contributed by atoms with Crippen LogP contribution in [-0.4, -0.2) is 33.4 Å². The normalized spacial score (nSPS) is 15.3. The molecule has 0 atom stereocenters. The monoisotopic (exact) mass is 299 g/mol. The molecule has 1 aromatic heterocycles. The van der Waals surface area contributed by atoms with Gasteiger partial charge < -0.3 is 9.47 Å². The highest BCUT2D eigenvalue weighted by atomic mass is 16.2. The van der Waals surface area contributed by atoms with Crippen LogP contribution in [0.15, 0.2) is 23.0 Å². The Kier molecular flexibility index (Phi) is 3.96. The Balaban J connectivity index is 2.04. The van der Waals surface area contributed by atoms with Crippen molar-refractivity contribution in [3.63, 3.8) is 0 Å². The molecule has 0 aliphatic carbocycles. The molecule has 5 heteroatoms. The van der Waals surface area contributed by atoms with Crippen LogP contribution in [0.1, 0.15) is 42.2 Å². The van der Waals surface area contributed by atoms with Gasteiger partial charge in [-0.05, 0) is 51.3 Å². The fourth-order valence-electron chi connectivity index (χ4n) is 3.10. The maximum absolute atomic E-state index is 12.6. The lowest BCUT2D eigenvalue weighted by Gasteiger charge is -2.26. The Morgan fingerprint density at radius 3 is 2.64 bits per heavy atom. The van der Waals surface area contributed by atoms with Crippen molar-refractivity contribution >= 4 is 16.9 Å². The second-order valence-electron chi connectivity index (χ2n) is 5.80. The van der Waals surface area contributed by atoms with Crippen molar-refractivity contribution in [2.75, 3.05) is 13.1 Å². The van der Waals surface area contributed by atoms with E-state index in [0.717, 1.165) is 31.4 Å². The van der Waals surface area contributed by atoms with Crippen LogP contribution in [0, 0.1) is 6.92 Å². The number of aromatic nitrogens is 2. The lowest BCUT2D eigenvalue weighted by Crippen LogP contribution is -2.35. The van der Waals surface area contributed by atoms with Gasteiger partial charge in [0.15, 0.2) is 0 Å². The highest BCUT2D eigenvalue weighted by Gasteiger charge is 2.19. The molecule has 1 aliphatic heterocycles. The van der Waals surface area contributed by atoms with Gasteiger partial charge in [0.25, 0.3) is 11.5 Å². The van der Waals surface area contributed by atoms with E-state index in [4.69, 9.17) is 0 Å². The largest absolute Gasteiger partial charge is 0.339 e. The van der Waals surface area contributed by atoms with Crippen LogP contribution in [0.25, 0.3) is 11.0 Å². The van der Waals surface area contributed by atoms with E-state index in [1.165, 1.54) is 6.42 Å². The molecule has 0 N–H and O–H groups in total. The minimum absolute atomic E-state index is 0.0647. The van der Waals surface area contributed by atoms with Gasteiger partial charge >= 0.3 is 0 Å². The van der Waals surface area contributed by atoms with Gasteiger partial charge in [0, 0.05) is 25.2 Å². The number of piperidine rings is 1. The molecule has 0 saturated carbocycles. The van der Waals surface area contributed by atoms with Gasteiger partial charge in [0.1, 0.15) is 5.69 Å². The predicted octanol–water partition coefficient (Wildman–Crippen LogP) is 2.35. The zero-order valence-electron chi connectivity index (χ0n) is 13.1. The molecule has 3 rings (SSSR count). The number of rotatable bonds is 2. The SMILES string of the molecule is CCn1c(=O)c(C)nc2cc(C(=O)N3CCCCC3)ccc21. The Morgan fingerprint density at radius 1 is 1.23 bits per heavy atom. The van der Waals surface area contributed by atoms with Crippen molar-refractivity contribution in [2.24, 2.45) is 0 Å². The van der Waals surface area contributed by atoms with Crippen LogP contribution < -0.4 is 5.56 Å². The number of nitrogens with zero attached hydrogens (tertiary/aromatic N) is 3. The summed E-state index contributed by atoms with van der Waals surface area (Å²) in [5.41, 5.74) is 2.56. The first-order valence-corrected chi connectivity index (χ1v) is 7.92. The third-order valence-corrected chi connectivity index (χ3v) is 4.32. The molecule has 2 aromatic rings. The van der Waals surface area contributed by atoms with E-state index < -0.39 is 0 Å².